The fraction of sp³-hybridized carbons (Fsp3) is 0.143. The second-order valence-electron chi connectivity index (χ2n) is 4.46. The Morgan fingerprint density at radius 1 is 1.00 bits per heavy atom. The lowest BCUT2D eigenvalue weighted by Crippen LogP contribution is -2.30. The maximum atomic E-state index is 13.7. The maximum Gasteiger partial charge on any atom is 0.194 e. The van der Waals surface area contributed by atoms with E-state index in [2.05, 4.69) is 5.43 Å². The highest BCUT2D eigenvalue weighted by Crippen LogP contribution is 2.24. The fourth-order valence-electron chi connectivity index (χ4n) is 1.97. The van der Waals surface area contributed by atoms with Crippen molar-refractivity contribution < 1.29 is 17.6 Å². The lowest BCUT2D eigenvalue weighted by atomic mass is 9.98. The highest BCUT2D eigenvalue weighted by Gasteiger charge is 2.18. The van der Waals surface area contributed by atoms with Gasteiger partial charge in [0.2, 0.25) is 0 Å². The van der Waals surface area contributed by atoms with Gasteiger partial charge in [-0.3, -0.25) is 11.3 Å². The molecule has 0 aliphatic rings. The number of hydrogen-bond acceptors (Lipinski definition) is 2. The second kappa shape index (κ2) is 6.43. The third-order valence-electron chi connectivity index (χ3n) is 3.04. The lowest BCUT2D eigenvalue weighted by molar-refractivity contribution is 0.439. The first-order valence-electron chi connectivity index (χ1n) is 5.97. The van der Waals surface area contributed by atoms with Crippen LogP contribution in [0, 0.1) is 23.3 Å². The molecule has 3 N–H and O–H groups in total. The Balaban J connectivity index is 2.34. The standard InChI is InChI=1S/C14H11ClF4N2/c15-9-1-2-10(16)7(3-9)6-13(21-20)8-4-11(17)14(19)12(18)5-8/h1-5,13,21H,6,20H2. The van der Waals surface area contributed by atoms with Crippen molar-refractivity contribution >= 4 is 11.6 Å². The maximum absolute atomic E-state index is 13.7. The predicted octanol–water partition coefficient (Wildman–Crippen LogP) is 3.64. The molecule has 0 spiro atoms. The van der Waals surface area contributed by atoms with E-state index in [1.165, 1.54) is 18.2 Å². The summed E-state index contributed by atoms with van der Waals surface area (Å²) in [6.07, 6.45) is -0.00654. The molecule has 0 aromatic heterocycles. The number of nitrogens with two attached hydrogens (primary N) is 1. The van der Waals surface area contributed by atoms with Gasteiger partial charge in [0.1, 0.15) is 5.82 Å². The average Bonchev–Trinajstić information content (AvgIpc) is 2.45. The summed E-state index contributed by atoms with van der Waals surface area (Å²) in [5.74, 6) is 0.571. The smallest absolute Gasteiger partial charge is 0.194 e. The Kier molecular flexibility index (Phi) is 4.82. The lowest BCUT2D eigenvalue weighted by Gasteiger charge is -2.17. The van der Waals surface area contributed by atoms with Gasteiger partial charge in [-0.2, -0.15) is 0 Å². The van der Waals surface area contributed by atoms with E-state index in [-0.39, 0.29) is 17.5 Å². The Morgan fingerprint density at radius 3 is 2.19 bits per heavy atom. The number of nitrogens with one attached hydrogen (secondary N) is 1. The van der Waals surface area contributed by atoms with Crippen molar-refractivity contribution in [3.05, 3.63) is 69.8 Å². The van der Waals surface area contributed by atoms with E-state index >= 15 is 0 Å². The number of halogens is 5. The van der Waals surface area contributed by atoms with Crippen molar-refractivity contribution in [3.8, 4) is 0 Å². The van der Waals surface area contributed by atoms with Gasteiger partial charge in [-0.15, -0.1) is 0 Å². The summed E-state index contributed by atoms with van der Waals surface area (Å²) in [5.41, 5.74) is 2.60. The van der Waals surface area contributed by atoms with Crippen molar-refractivity contribution in [2.75, 3.05) is 0 Å². The van der Waals surface area contributed by atoms with E-state index in [0.29, 0.717) is 5.02 Å². The van der Waals surface area contributed by atoms with Gasteiger partial charge < -0.3 is 0 Å². The van der Waals surface area contributed by atoms with E-state index in [0.717, 1.165) is 12.1 Å². The van der Waals surface area contributed by atoms with E-state index in [9.17, 15) is 17.6 Å². The van der Waals surface area contributed by atoms with E-state index < -0.39 is 29.3 Å². The summed E-state index contributed by atoms with van der Waals surface area (Å²) in [6.45, 7) is 0. The Hall–Kier alpha value is -1.63. The fourth-order valence-corrected chi connectivity index (χ4v) is 2.16. The largest absolute Gasteiger partial charge is 0.271 e. The minimum absolute atomic E-state index is 0.00654. The summed E-state index contributed by atoms with van der Waals surface area (Å²) in [5, 5.41) is 0.318. The van der Waals surface area contributed by atoms with Crippen molar-refractivity contribution in [1.82, 2.24) is 5.43 Å². The van der Waals surface area contributed by atoms with Crippen LogP contribution in [-0.4, -0.2) is 0 Å². The molecule has 0 saturated heterocycles. The van der Waals surface area contributed by atoms with Crippen LogP contribution in [0.1, 0.15) is 17.2 Å². The van der Waals surface area contributed by atoms with Crippen molar-refractivity contribution in [2.24, 2.45) is 5.84 Å². The summed E-state index contributed by atoms with van der Waals surface area (Å²) >= 11 is 5.77. The van der Waals surface area contributed by atoms with Crippen LogP contribution < -0.4 is 11.3 Å². The first kappa shape index (κ1) is 15.8. The van der Waals surface area contributed by atoms with Gasteiger partial charge in [-0.05, 0) is 47.9 Å². The molecular formula is C14H11ClF4N2. The molecule has 0 bridgehead atoms. The molecule has 2 aromatic rings. The van der Waals surface area contributed by atoms with Gasteiger partial charge in [0.25, 0.3) is 0 Å². The van der Waals surface area contributed by atoms with Gasteiger partial charge in [0.15, 0.2) is 17.5 Å². The molecular weight excluding hydrogens is 308 g/mol. The summed E-state index contributed by atoms with van der Waals surface area (Å²) < 4.78 is 53.1. The van der Waals surface area contributed by atoms with Crippen LogP contribution in [-0.2, 0) is 6.42 Å². The Bertz CT molecular complexity index is 640. The molecule has 0 aliphatic carbocycles. The number of hydrazine groups is 1. The highest BCUT2D eigenvalue weighted by atomic mass is 35.5. The minimum Gasteiger partial charge on any atom is -0.271 e. The number of benzene rings is 2. The monoisotopic (exact) mass is 318 g/mol. The van der Waals surface area contributed by atoms with Crippen LogP contribution in [0.2, 0.25) is 5.02 Å². The van der Waals surface area contributed by atoms with Crippen molar-refractivity contribution in [1.29, 1.82) is 0 Å². The molecule has 2 rings (SSSR count). The topological polar surface area (TPSA) is 38.0 Å². The third kappa shape index (κ3) is 3.53. The molecule has 0 amide bonds. The van der Waals surface area contributed by atoms with E-state index in [1.807, 2.05) is 0 Å². The molecule has 112 valence electrons. The molecule has 1 atom stereocenters. The molecule has 1 unspecified atom stereocenters. The number of rotatable bonds is 4. The first-order chi connectivity index (χ1) is 9.92. The predicted molar refractivity (Wildman–Crippen MR) is 71.5 cm³/mol. The molecule has 0 aliphatic heterocycles. The van der Waals surface area contributed by atoms with Crippen molar-refractivity contribution in [3.63, 3.8) is 0 Å². The quantitative estimate of drug-likeness (QED) is 0.391. The summed E-state index contributed by atoms with van der Waals surface area (Å²) in [7, 11) is 0. The van der Waals surface area contributed by atoms with Crippen LogP contribution >= 0.6 is 11.6 Å². The Labute approximate surface area is 123 Å². The van der Waals surface area contributed by atoms with Gasteiger partial charge in [-0.25, -0.2) is 17.6 Å². The first-order valence-corrected chi connectivity index (χ1v) is 6.34. The molecule has 0 saturated carbocycles. The number of hydrogen-bond donors (Lipinski definition) is 2. The summed E-state index contributed by atoms with van der Waals surface area (Å²) in [6, 6.07) is 4.76. The van der Waals surface area contributed by atoms with Gasteiger partial charge >= 0.3 is 0 Å². The Morgan fingerprint density at radius 2 is 1.62 bits per heavy atom. The zero-order valence-corrected chi connectivity index (χ0v) is 11.4. The molecule has 2 nitrogen and oxygen atoms in total. The van der Waals surface area contributed by atoms with Crippen molar-refractivity contribution in [2.45, 2.75) is 12.5 Å². The van der Waals surface area contributed by atoms with Gasteiger partial charge in [0.05, 0.1) is 6.04 Å². The van der Waals surface area contributed by atoms with Crippen LogP contribution in [0.3, 0.4) is 0 Å². The van der Waals surface area contributed by atoms with Gasteiger partial charge in [-0.1, -0.05) is 11.6 Å². The van der Waals surface area contributed by atoms with Crippen LogP contribution in [0.5, 0.6) is 0 Å². The van der Waals surface area contributed by atoms with E-state index in [4.69, 9.17) is 17.4 Å². The molecule has 0 heterocycles. The summed E-state index contributed by atoms with van der Waals surface area (Å²) in [4.78, 5) is 0. The normalized spacial score (nSPS) is 12.5. The highest BCUT2D eigenvalue weighted by molar-refractivity contribution is 6.30. The third-order valence-corrected chi connectivity index (χ3v) is 3.28. The van der Waals surface area contributed by atoms with E-state index in [1.54, 1.807) is 0 Å². The zero-order chi connectivity index (χ0) is 15.6. The van der Waals surface area contributed by atoms with Crippen LogP contribution in [0.15, 0.2) is 30.3 Å². The molecule has 7 heteroatoms. The van der Waals surface area contributed by atoms with Gasteiger partial charge in [0, 0.05) is 5.02 Å². The average molecular weight is 319 g/mol. The minimum atomic E-state index is -1.57. The zero-order valence-electron chi connectivity index (χ0n) is 10.6. The molecule has 0 radical (unpaired) electrons. The molecule has 21 heavy (non-hydrogen) atoms. The SMILES string of the molecule is NNC(Cc1cc(Cl)ccc1F)c1cc(F)c(F)c(F)c1. The molecule has 0 fully saturated rings. The molecule has 2 aromatic carbocycles. The second-order valence-corrected chi connectivity index (χ2v) is 4.89. The van der Waals surface area contributed by atoms with Crippen LogP contribution in [0.4, 0.5) is 17.6 Å². The van der Waals surface area contributed by atoms with Crippen LogP contribution in [0.25, 0.3) is 0 Å².